The Balaban J connectivity index is 2.06. The number of fused-ring (bicyclic) bond motifs is 1. The first-order chi connectivity index (χ1) is 9.15. The van der Waals surface area contributed by atoms with E-state index in [-0.39, 0.29) is 0 Å². The van der Waals surface area contributed by atoms with Gasteiger partial charge >= 0.3 is 0 Å². The van der Waals surface area contributed by atoms with Crippen LogP contribution < -0.4 is 0 Å². The highest BCUT2D eigenvalue weighted by molar-refractivity contribution is 5.79. The number of aryl methyl sites for hydroxylation is 2. The SMILES string of the molecule is Cc1ccc2cc(C(O)c3occc3C)ccc2n1. The molecule has 1 unspecified atom stereocenters. The standard InChI is InChI=1S/C16H15NO2/c1-10-7-8-19-16(10)15(18)13-5-6-14-12(9-13)4-3-11(2)17-14/h3-9,15,18H,1-2H3. The van der Waals surface area contributed by atoms with Gasteiger partial charge < -0.3 is 9.52 Å². The molecule has 0 aliphatic rings. The van der Waals surface area contributed by atoms with E-state index in [0.717, 1.165) is 27.7 Å². The van der Waals surface area contributed by atoms with Crippen LogP contribution in [0, 0.1) is 13.8 Å². The van der Waals surface area contributed by atoms with Crippen LogP contribution in [-0.2, 0) is 0 Å². The van der Waals surface area contributed by atoms with Crippen LogP contribution in [0.3, 0.4) is 0 Å². The van der Waals surface area contributed by atoms with Crippen LogP contribution in [0.25, 0.3) is 10.9 Å². The van der Waals surface area contributed by atoms with Crippen LogP contribution in [0.2, 0.25) is 0 Å². The summed E-state index contributed by atoms with van der Waals surface area (Å²) in [6.45, 7) is 3.89. The Bertz CT molecular complexity index is 730. The molecule has 0 aliphatic heterocycles. The molecule has 19 heavy (non-hydrogen) atoms. The van der Waals surface area contributed by atoms with E-state index in [1.807, 2.05) is 50.2 Å². The van der Waals surface area contributed by atoms with Crippen LogP contribution in [0.5, 0.6) is 0 Å². The van der Waals surface area contributed by atoms with Crippen molar-refractivity contribution in [2.75, 3.05) is 0 Å². The zero-order chi connectivity index (χ0) is 13.4. The van der Waals surface area contributed by atoms with Crippen molar-refractivity contribution in [3.63, 3.8) is 0 Å². The Morgan fingerprint density at radius 3 is 2.68 bits per heavy atom. The first kappa shape index (κ1) is 11.9. The molecule has 2 aromatic heterocycles. The maximum atomic E-state index is 10.4. The van der Waals surface area contributed by atoms with E-state index in [1.165, 1.54) is 0 Å². The molecule has 3 rings (SSSR count). The van der Waals surface area contributed by atoms with Gasteiger partial charge in [-0.2, -0.15) is 0 Å². The Kier molecular flexibility index (Phi) is 2.84. The molecule has 2 heterocycles. The lowest BCUT2D eigenvalue weighted by Crippen LogP contribution is -2.00. The summed E-state index contributed by atoms with van der Waals surface area (Å²) in [6.07, 6.45) is 0.862. The fourth-order valence-electron chi connectivity index (χ4n) is 2.23. The lowest BCUT2D eigenvalue weighted by molar-refractivity contribution is 0.188. The van der Waals surface area contributed by atoms with Crippen molar-refractivity contribution >= 4 is 10.9 Å². The summed E-state index contributed by atoms with van der Waals surface area (Å²) in [6, 6.07) is 11.6. The zero-order valence-corrected chi connectivity index (χ0v) is 10.9. The van der Waals surface area contributed by atoms with Gasteiger partial charge in [0.25, 0.3) is 0 Å². The fraction of sp³-hybridized carbons (Fsp3) is 0.188. The van der Waals surface area contributed by atoms with Gasteiger partial charge in [-0.15, -0.1) is 0 Å². The highest BCUT2D eigenvalue weighted by atomic mass is 16.4. The Morgan fingerprint density at radius 2 is 1.95 bits per heavy atom. The van der Waals surface area contributed by atoms with Crippen molar-refractivity contribution in [3.8, 4) is 0 Å². The summed E-state index contributed by atoms with van der Waals surface area (Å²) in [5.41, 5.74) is 3.70. The minimum Gasteiger partial charge on any atom is -0.466 e. The van der Waals surface area contributed by atoms with Crippen molar-refractivity contribution in [2.24, 2.45) is 0 Å². The van der Waals surface area contributed by atoms with E-state index in [0.29, 0.717) is 5.76 Å². The highest BCUT2D eigenvalue weighted by Crippen LogP contribution is 2.27. The molecular weight excluding hydrogens is 238 g/mol. The number of pyridine rings is 1. The molecule has 96 valence electrons. The number of aromatic nitrogens is 1. The largest absolute Gasteiger partial charge is 0.466 e. The normalized spacial score (nSPS) is 12.8. The van der Waals surface area contributed by atoms with E-state index in [9.17, 15) is 5.11 Å². The van der Waals surface area contributed by atoms with E-state index in [1.54, 1.807) is 6.26 Å². The Morgan fingerprint density at radius 1 is 1.11 bits per heavy atom. The van der Waals surface area contributed by atoms with Crippen LogP contribution in [0.1, 0.15) is 28.7 Å². The van der Waals surface area contributed by atoms with Gasteiger partial charge in [0.15, 0.2) is 0 Å². The van der Waals surface area contributed by atoms with Gasteiger partial charge in [-0.05, 0) is 49.2 Å². The molecule has 0 spiro atoms. The second kappa shape index (κ2) is 4.52. The smallest absolute Gasteiger partial charge is 0.139 e. The number of hydrogen-bond donors (Lipinski definition) is 1. The number of hydrogen-bond acceptors (Lipinski definition) is 3. The molecule has 0 bridgehead atoms. The molecular formula is C16H15NO2. The van der Waals surface area contributed by atoms with Crippen molar-refractivity contribution in [3.05, 3.63) is 65.2 Å². The Hall–Kier alpha value is -2.13. The third-order valence-electron chi connectivity index (χ3n) is 3.32. The summed E-state index contributed by atoms with van der Waals surface area (Å²) < 4.78 is 5.35. The first-order valence-corrected chi connectivity index (χ1v) is 6.24. The lowest BCUT2D eigenvalue weighted by Gasteiger charge is -2.10. The molecule has 0 saturated heterocycles. The van der Waals surface area contributed by atoms with Crippen LogP contribution in [-0.4, -0.2) is 10.1 Å². The van der Waals surface area contributed by atoms with Gasteiger partial charge in [0, 0.05) is 11.1 Å². The molecule has 1 atom stereocenters. The van der Waals surface area contributed by atoms with Gasteiger partial charge in [0.1, 0.15) is 11.9 Å². The Labute approximate surface area is 111 Å². The number of rotatable bonds is 2. The van der Waals surface area contributed by atoms with Crippen molar-refractivity contribution in [1.29, 1.82) is 0 Å². The molecule has 0 saturated carbocycles. The van der Waals surface area contributed by atoms with Gasteiger partial charge in [0.2, 0.25) is 0 Å². The van der Waals surface area contributed by atoms with E-state index < -0.39 is 6.10 Å². The number of aliphatic hydroxyl groups is 1. The van der Waals surface area contributed by atoms with E-state index >= 15 is 0 Å². The van der Waals surface area contributed by atoms with Gasteiger partial charge in [-0.1, -0.05) is 12.1 Å². The van der Waals surface area contributed by atoms with Gasteiger partial charge in [-0.3, -0.25) is 4.98 Å². The monoisotopic (exact) mass is 253 g/mol. The second-order valence-electron chi connectivity index (χ2n) is 4.78. The summed E-state index contributed by atoms with van der Waals surface area (Å²) in [4.78, 5) is 4.45. The van der Waals surface area contributed by atoms with Crippen LogP contribution in [0.4, 0.5) is 0 Å². The molecule has 1 N–H and O–H groups in total. The maximum Gasteiger partial charge on any atom is 0.139 e. The summed E-state index contributed by atoms with van der Waals surface area (Å²) in [5, 5.41) is 11.4. The van der Waals surface area contributed by atoms with Crippen LogP contribution >= 0.6 is 0 Å². The predicted octanol–water partition coefficient (Wildman–Crippen LogP) is 3.53. The van der Waals surface area contributed by atoms with Gasteiger partial charge in [-0.25, -0.2) is 0 Å². The number of aliphatic hydroxyl groups excluding tert-OH is 1. The van der Waals surface area contributed by atoms with E-state index in [2.05, 4.69) is 4.98 Å². The maximum absolute atomic E-state index is 10.4. The second-order valence-corrected chi connectivity index (χ2v) is 4.78. The third kappa shape index (κ3) is 2.13. The number of benzene rings is 1. The van der Waals surface area contributed by atoms with E-state index in [4.69, 9.17) is 4.42 Å². The molecule has 3 nitrogen and oxygen atoms in total. The fourth-order valence-corrected chi connectivity index (χ4v) is 2.23. The summed E-state index contributed by atoms with van der Waals surface area (Å²) >= 11 is 0. The molecule has 3 heteroatoms. The summed E-state index contributed by atoms with van der Waals surface area (Å²) in [5.74, 6) is 0.597. The molecule has 3 aromatic rings. The average Bonchev–Trinajstić information content (AvgIpc) is 2.83. The zero-order valence-electron chi connectivity index (χ0n) is 10.9. The molecule has 0 radical (unpaired) electrons. The minimum absolute atomic E-state index is 0.597. The lowest BCUT2D eigenvalue weighted by atomic mass is 10.0. The average molecular weight is 253 g/mol. The minimum atomic E-state index is -0.735. The summed E-state index contributed by atoms with van der Waals surface area (Å²) in [7, 11) is 0. The van der Waals surface area contributed by atoms with Crippen molar-refractivity contribution in [2.45, 2.75) is 20.0 Å². The van der Waals surface area contributed by atoms with Crippen LogP contribution in [0.15, 0.2) is 47.1 Å². The molecule has 0 aliphatic carbocycles. The quantitative estimate of drug-likeness (QED) is 0.760. The van der Waals surface area contributed by atoms with Crippen molar-refractivity contribution in [1.82, 2.24) is 4.98 Å². The predicted molar refractivity (Wildman–Crippen MR) is 74.0 cm³/mol. The third-order valence-corrected chi connectivity index (χ3v) is 3.32. The highest BCUT2D eigenvalue weighted by Gasteiger charge is 2.16. The molecule has 0 fully saturated rings. The number of furan rings is 1. The van der Waals surface area contributed by atoms with Crippen molar-refractivity contribution < 1.29 is 9.52 Å². The molecule has 0 amide bonds. The number of nitrogens with zero attached hydrogens (tertiary/aromatic N) is 1. The first-order valence-electron chi connectivity index (χ1n) is 6.24. The molecule has 1 aromatic carbocycles. The topological polar surface area (TPSA) is 46.3 Å². The van der Waals surface area contributed by atoms with Gasteiger partial charge in [0.05, 0.1) is 11.8 Å².